The van der Waals surface area contributed by atoms with Gasteiger partial charge in [0, 0.05) is 44.6 Å². The van der Waals surface area contributed by atoms with E-state index in [-0.39, 0.29) is 12.4 Å². The van der Waals surface area contributed by atoms with Crippen LogP contribution in [-0.2, 0) is 6.42 Å². The Morgan fingerprint density at radius 2 is 2.00 bits per heavy atom. The lowest BCUT2D eigenvalue weighted by atomic mass is 10.0. The van der Waals surface area contributed by atoms with Crippen molar-refractivity contribution in [2.45, 2.75) is 12.5 Å². The second kappa shape index (κ2) is 8.13. The lowest BCUT2D eigenvalue weighted by molar-refractivity contribution is 0.164. The summed E-state index contributed by atoms with van der Waals surface area (Å²) in [6.07, 6.45) is 4.94. The van der Waals surface area contributed by atoms with E-state index < -0.39 is 0 Å². The van der Waals surface area contributed by atoms with Crippen molar-refractivity contribution in [2.24, 2.45) is 0 Å². The summed E-state index contributed by atoms with van der Waals surface area (Å²) >= 11 is 0. The van der Waals surface area contributed by atoms with Crippen molar-refractivity contribution in [3.63, 3.8) is 0 Å². The van der Waals surface area contributed by atoms with E-state index in [1.165, 1.54) is 11.1 Å². The van der Waals surface area contributed by atoms with Crippen LogP contribution in [0, 0.1) is 0 Å². The first-order valence-corrected chi connectivity index (χ1v) is 7.32. The molecule has 4 heteroatoms. The smallest absolute Gasteiger partial charge is 0.0488 e. The van der Waals surface area contributed by atoms with Gasteiger partial charge in [0.15, 0.2) is 0 Å². The molecule has 1 N–H and O–H groups in total. The van der Waals surface area contributed by atoms with E-state index in [4.69, 9.17) is 0 Å². The van der Waals surface area contributed by atoms with Crippen LogP contribution in [0.2, 0.25) is 0 Å². The number of halogens is 1. The molecular formula is C17H22ClN3. The molecule has 2 heterocycles. The minimum atomic E-state index is 0. The summed E-state index contributed by atoms with van der Waals surface area (Å²) < 4.78 is 0. The maximum Gasteiger partial charge on any atom is 0.0488 e. The fourth-order valence-electron chi connectivity index (χ4n) is 2.83. The Bertz CT molecular complexity index is 518. The van der Waals surface area contributed by atoms with Crippen molar-refractivity contribution in [1.82, 2.24) is 15.2 Å². The monoisotopic (exact) mass is 303 g/mol. The molecule has 2 aromatic rings. The van der Waals surface area contributed by atoms with Crippen molar-refractivity contribution < 1.29 is 0 Å². The van der Waals surface area contributed by atoms with Crippen LogP contribution in [0.25, 0.3) is 0 Å². The van der Waals surface area contributed by atoms with Gasteiger partial charge in [0.1, 0.15) is 0 Å². The number of benzene rings is 1. The molecule has 3 nitrogen and oxygen atoms in total. The maximum absolute atomic E-state index is 4.26. The summed E-state index contributed by atoms with van der Waals surface area (Å²) in [6, 6.07) is 15.4. The van der Waals surface area contributed by atoms with Crippen LogP contribution >= 0.6 is 12.4 Å². The molecule has 1 atom stereocenters. The average Bonchev–Trinajstić information content (AvgIpc) is 2.55. The molecule has 0 bridgehead atoms. The Hall–Kier alpha value is -1.42. The third-order valence-corrected chi connectivity index (χ3v) is 3.95. The summed E-state index contributed by atoms with van der Waals surface area (Å²) in [4.78, 5) is 6.83. The van der Waals surface area contributed by atoms with Crippen LogP contribution in [-0.4, -0.2) is 36.1 Å². The Balaban J connectivity index is 0.00000161. The SMILES string of the molecule is Cl.c1ccc(CCN2CCNCC2c2cccnc2)cc1. The van der Waals surface area contributed by atoms with Crippen LogP contribution < -0.4 is 5.32 Å². The molecule has 0 spiro atoms. The van der Waals surface area contributed by atoms with Gasteiger partial charge in [-0.25, -0.2) is 0 Å². The van der Waals surface area contributed by atoms with E-state index >= 15 is 0 Å². The Morgan fingerprint density at radius 1 is 1.14 bits per heavy atom. The van der Waals surface area contributed by atoms with E-state index in [1.807, 2.05) is 18.5 Å². The minimum absolute atomic E-state index is 0. The fourth-order valence-corrected chi connectivity index (χ4v) is 2.83. The molecule has 0 aliphatic carbocycles. The van der Waals surface area contributed by atoms with E-state index in [0.29, 0.717) is 6.04 Å². The van der Waals surface area contributed by atoms with Crippen molar-refractivity contribution in [1.29, 1.82) is 0 Å². The summed E-state index contributed by atoms with van der Waals surface area (Å²) in [7, 11) is 0. The van der Waals surface area contributed by atoms with Crippen LogP contribution in [0.5, 0.6) is 0 Å². The van der Waals surface area contributed by atoms with Gasteiger partial charge in [0.05, 0.1) is 0 Å². The zero-order valence-electron chi connectivity index (χ0n) is 12.1. The predicted octanol–water partition coefficient (Wildman–Crippen LogP) is 2.69. The Morgan fingerprint density at radius 3 is 2.76 bits per heavy atom. The highest BCUT2D eigenvalue weighted by Gasteiger charge is 2.23. The highest BCUT2D eigenvalue weighted by Crippen LogP contribution is 2.21. The number of hydrogen-bond acceptors (Lipinski definition) is 3. The average molecular weight is 304 g/mol. The number of aromatic nitrogens is 1. The topological polar surface area (TPSA) is 28.2 Å². The summed E-state index contributed by atoms with van der Waals surface area (Å²) in [5.41, 5.74) is 2.73. The molecule has 1 unspecified atom stereocenters. The van der Waals surface area contributed by atoms with E-state index in [0.717, 1.165) is 32.6 Å². The van der Waals surface area contributed by atoms with Gasteiger partial charge in [-0.15, -0.1) is 12.4 Å². The van der Waals surface area contributed by atoms with Crippen LogP contribution in [0.3, 0.4) is 0 Å². The molecule has 0 amide bonds. The normalized spacial score (nSPS) is 19.0. The minimum Gasteiger partial charge on any atom is -0.314 e. The van der Waals surface area contributed by atoms with Crippen molar-refractivity contribution >= 4 is 12.4 Å². The third-order valence-electron chi connectivity index (χ3n) is 3.95. The molecule has 0 radical (unpaired) electrons. The van der Waals surface area contributed by atoms with Gasteiger partial charge < -0.3 is 5.32 Å². The molecule has 1 fully saturated rings. The van der Waals surface area contributed by atoms with Gasteiger partial charge in [0.25, 0.3) is 0 Å². The molecule has 0 saturated carbocycles. The largest absolute Gasteiger partial charge is 0.314 e. The molecule has 21 heavy (non-hydrogen) atoms. The number of hydrogen-bond donors (Lipinski definition) is 1. The molecule has 1 aliphatic rings. The molecule has 112 valence electrons. The fraction of sp³-hybridized carbons (Fsp3) is 0.353. The first-order valence-electron chi connectivity index (χ1n) is 7.32. The zero-order valence-corrected chi connectivity index (χ0v) is 12.9. The first-order chi connectivity index (χ1) is 9.93. The van der Waals surface area contributed by atoms with Crippen molar-refractivity contribution in [3.8, 4) is 0 Å². The van der Waals surface area contributed by atoms with E-state index in [9.17, 15) is 0 Å². The van der Waals surface area contributed by atoms with Gasteiger partial charge >= 0.3 is 0 Å². The lowest BCUT2D eigenvalue weighted by Crippen LogP contribution is -2.46. The van der Waals surface area contributed by atoms with Crippen LogP contribution in [0.4, 0.5) is 0 Å². The highest BCUT2D eigenvalue weighted by molar-refractivity contribution is 5.85. The van der Waals surface area contributed by atoms with E-state index in [1.54, 1.807) is 0 Å². The third kappa shape index (κ3) is 4.27. The molecule has 1 saturated heterocycles. The zero-order chi connectivity index (χ0) is 13.6. The number of pyridine rings is 1. The maximum atomic E-state index is 4.26. The Kier molecular flexibility index (Phi) is 6.18. The number of nitrogens with one attached hydrogen (secondary N) is 1. The molecule has 1 aliphatic heterocycles. The van der Waals surface area contributed by atoms with Gasteiger partial charge in [0.2, 0.25) is 0 Å². The molecular weight excluding hydrogens is 282 g/mol. The first kappa shape index (κ1) is 16.0. The molecule has 1 aromatic heterocycles. The molecule has 3 rings (SSSR count). The molecule has 1 aromatic carbocycles. The van der Waals surface area contributed by atoms with E-state index in [2.05, 4.69) is 51.6 Å². The second-order valence-corrected chi connectivity index (χ2v) is 5.28. The van der Waals surface area contributed by atoms with Crippen molar-refractivity contribution in [2.75, 3.05) is 26.2 Å². The quantitative estimate of drug-likeness (QED) is 0.941. The van der Waals surface area contributed by atoms with Crippen molar-refractivity contribution in [3.05, 3.63) is 66.0 Å². The lowest BCUT2D eigenvalue weighted by Gasteiger charge is -2.36. The van der Waals surface area contributed by atoms with Crippen LogP contribution in [0.15, 0.2) is 54.9 Å². The summed E-state index contributed by atoms with van der Waals surface area (Å²) in [5, 5.41) is 3.49. The van der Waals surface area contributed by atoms with Gasteiger partial charge in [-0.05, 0) is 23.6 Å². The summed E-state index contributed by atoms with van der Waals surface area (Å²) in [6.45, 7) is 4.30. The standard InChI is InChI=1S/C17H21N3.ClH/c1-2-5-15(6-3-1)8-11-20-12-10-19-14-17(20)16-7-4-9-18-13-16;/h1-7,9,13,17,19H,8,10-12,14H2;1H. The Labute approximate surface area is 132 Å². The predicted molar refractivity (Wildman–Crippen MR) is 88.8 cm³/mol. The van der Waals surface area contributed by atoms with Gasteiger partial charge in [-0.3, -0.25) is 9.88 Å². The highest BCUT2D eigenvalue weighted by atomic mass is 35.5. The summed E-state index contributed by atoms with van der Waals surface area (Å²) in [5.74, 6) is 0. The number of rotatable bonds is 4. The van der Waals surface area contributed by atoms with Gasteiger partial charge in [-0.2, -0.15) is 0 Å². The number of nitrogens with zero attached hydrogens (tertiary/aromatic N) is 2. The van der Waals surface area contributed by atoms with Crippen LogP contribution in [0.1, 0.15) is 17.2 Å². The second-order valence-electron chi connectivity index (χ2n) is 5.28. The van der Waals surface area contributed by atoms with Gasteiger partial charge in [-0.1, -0.05) is 36.4 Å². The number of piperazine rings is 1.